The van der Waals surface area contributed by atoms with Gasteiger partial charge in [-0.05, 0) is 13.8 Å². The Hall–Kier alpha value is -2.83. The van der Waals surface area contributed by atoms with Gasteiger partial charge in [-0.3, -0.25) is 4.79 Å². The summed E-state index contributed by atoms with van der Waals surface area (Å²) in [6, 6.07) is 6.80. The second-order valence-electron chi connectivity index (χ2n) is 5.81. The number of allylic oxidation sites excluding steroid dienone is 1. The summed E-state index contributed by atoms with van der Waals surface area (Å²) in [4.78, 5) is 14.1. The molecule has 6 nitrogen and oxygen atoms in total. The van der Waals surface area contributed by atoms with E-state index in [1.54, 1.807) is 26.8 Å². The predicted octanol–water partition coefficient (Wildman–Crippen LogP) is 1.50. The van der Waals surface area contributed by atoms with Crippen LogP contribution in [-0.4, -0.2) is 23.4 Å². The molecule has 3 rings (SSSR count). The third-order valence-electron chi connectivity index (χ3n) is 5.00. The second-order valence-corrected chi connectivity index (χ2v) is 5.81. The summed E-state index contributed by atoms with van der Waals surface area (Å²) in [6.07, 6.45) is 1.70. The average molecular weight is 293 g/mol. The van der Waals surface area contributed by atoms with Gasteiger partial charge in [-0.2, -0.15) is 21.0 Å². The molecule has 3 atom stereocenters. The van der Waals surface area contributed by atoms with Crippen molar-refractivity contribution in [3.05, 3.63) is 11.6 Å². The molecule has 2 bridgehead atoms. The molecule has 6 heteroatoms. The Morgan fingerprint density at radius 1 is 1.14 bits per heavy atom. The fraction of sp³-hybridized carbons (Fsp3) is 0.562. The van der Waals surface area contributed by atoms with Gasteiger partial charge in [-0.25, -0.2) is 0 Å². The smallest absolute Gasteiger partial charge is 0.226 e. The number of nitriles is 4. The molecule has 0 spiro atoms. The van der Waals surface area contributed by atoms with Gasteiger partial charge in [-0.15, -0.1) is 0 Å². The maximum Gasteiger partial charge on any atom is 0.226 e. The minimum absolute atomic E-state index is 0.229. The van der Waals surface area contributed by atoms with Crippen LogP contribution in [0.3, 0.4) is 0 Å². The van der Waals surface area contributed by atoms with Gasteiger partial charge in [0.15, 0.2) is 10.8 Å². The Balaban J connectivity index is 2.97. The fourth-order valence-electron chi connectivity index (χ4n) is 3.96. The number of carbonyl (C=O) groups is 1. The summed E-state index contributed by atoms with van der Waals surface area (Å²) >= 11 is 0. The first-order valence-electron chi connectivity index (χ1n) is 7.04. The Labute approximate surface area is 129 Å². The molecule has 0 radical (unpaired) electrons. The highest BCUT2D eigenvalue weighted by Gasteiger charge is 2.70. The van der Waals surface area contributed by atoms with Crippen molar-refractivity contribution in [2.75, 3.05) is 6.54 Å². The van der Waals surface area contributed by atoms with E-state index in [2.05, 4.69) is 0 Å². The molecule has 0 aromatic carbocycles. The highest BCUT2D eigenvalue weighted by Crippen LogP contribution is 2.58. The van der Waals surface area contributed by atoms with E-state index in [1.165, 1.54) is 4.90 Å². The van der Waals surface area contributed by atoms with Gasteiger partial charge < -0.3 is 4.90 Å². The van der Waals surface area contributed by atoms with Crippen molar-refractivity contribution in [1.29, 1.82) is 21.0 Å². The molecule has 1 saturated heterocycles. The van der Waals surface area contributed by atoms with E-state index in [9.17, 15) is 25.8 Å². The molecular weight excluding hydrogens is 278 g/mol. The maximum atomic E-state index is 12.7. The number of nitrogens with zero attached hydrogens (tertiary/aromatic N) is 5. The predicted molar refractivity (Wildman–Crippen MR) is 74.9 cm³/mol. The molecule has 1 amide bonds. The number of amides is 1. The van der Waals surface area contributed by atoms with Gasteiger partial charge in [0.2, 0.25) is 5.91 Å². The molecule has 0 unspecified atom stereocenters. The first-order chi connectivity index (χ1) is 10.4. The monoisotopic (exact) mass is 293 g/mol. The lowest BCUT2D eigenvalue weighted by atomic mass is 9.51. The lowest BCUT2D eigenvalue weighted by Crippen LogP contribution is -2.56. The van der Waals surface area contributed by atoms with Crippen LogP contribution in [0.2, 0.25) is 0 Å². The highest BCUT2D eigenvalue weighted by molar-refractivity contribution is 5.82. The molecule has 1 fully saturated rings. The van der Waals surface area contributed by atoms with Crippen molar-refractivity contribution in [1.82, 2.24) is 4.90 Å². The van der Waals surface area contributed by atoms with Gasteiger partial charge in [0.25, 0.3) is 0 Å². The topological polar surface area (TPSA) is 115 Å². The zero-order chi connectivity index (χ0) is 16.7. The molecule has 0 saturated carbocycles. The van der Waals surface area contributed by atoms with E-state index < -0.39 is 28.7 Å². The van der Waals surface area contributed by atoms with Crippen LogP contribution in [0.5, 0.6) is 0 Å². The third kappa shape index (κ3) is 1.42. The van der Waals surface area contributed by atoms with E-state index in [-0.39, 0.29) is 5.91 Å². The van der Waals surface area contributed by atoms with Crippen molar-refractivity contribution < 1.29 is 4.79 Å². The average Bonchev–Trinajstić information content (AvgIpc) is 2.66. The van der Waals surface area contributed by atoms with E-state index in [4.69, 9.17) is 0 Å². The van der Waals surface area contributed by atoms with Crippen LogP contribution in [0, 0.1) is 68.0 Å². The van der Waals surface area contributed by atoms with Gasteiger partial charge in [0.05, 0.1) is 30.3 Å². The number of hydrogen-bond donors (Lipinski definition) is 0. The van der Waals surface area contributed by atoms with Gasteiger partial charge >= 0.3 is 0 Å². The Bertz CT molecular complexity index is 696. The van der Waals surface area contributed by atoms with Crippen LogP contribution in [0.4, 0.5) is 0 Å². The summed E-state index contributed by atoms with van der Waals surface area (Å²) < 4.78 is 0. The van der Waals surface area contributed by atoms with E-state index in [0.29, 0.717) is 12.1 Å². The first kappa shape index (κ1) is 15.6. The largest absolute Gasteiger partial charge is 0.333 e. The summed E-state index contributed by atoms with van der Waals surface area (Å²) in [5.41, 5.74) is -3.04. The first-order valence-corrected chi connectivity index (χ1v) is 7.04. The number of fused-ring (bicyclic) bond motifs is 3. The zero-order valence-corrected chi connectivity index (χ0v) is 12.7. The SMILES string of the molecule is CCN1C(=O)[C@H](C)[C@H]2C(C)=C[C@H]1C(C#N)(C#N)C2(C#N)C#N. The molecule has 22 heavy (non-hydrogen) atoms. The summed E-state index contributed by atoms with van der Waals surface area (Å²) in [5, 5.41) is 38.9. The maximum absolute atomic E-state index is 12.7. The van der Waals surface area contributed by atoms with Gasteiger partial charge in [0.1, 0.15) is 0 Å². The molecule has 0 aromatic rings. The molecule has 1 aliphatic carbocycles. The van der Waals surface area contributed by atoms with E-state index >= 15 is 0 Å². The summed E-state index contributed by atoms with van der Waals surface area (Å²) in [7, 11) is 0. The minimum Gasteiger partial charge on any atom is -0.333 e. The fourth-order valence-corrected chi connectivity index (χ4v) is 3.96. The van der Waals surface area contributed by atoms with Crippen molar-refractivity contribution >= 4 is 5.91 Å². The van der Waals surface area contributed by atoms with Gasteiger partial charge in [-0.1, -0.05) is 18.6 Å². The van der Waals surface area contributed by atoms with Crippen LogP contribution in [-0.2, 0) is 4.79 Å². The molecule has 3 aliphatic rings. The molecule has 110 valence electrons. The van der Waals surface area contributed by atoms with Crippen LogP contribution in [0.1, 0.15) is 20.8 Å². The Morgan fingerprint density at radius 2 is 1.64 bits per heavy atom. The molecule has 0 aromatic heterocycles. The van der Waals surface area contributed by atoms with Crippen molar-refractivity contribution in [3.63, 3.8) is 0 Å². The Morgan fingerprint density at radius 3 is 2.05 bits per heavy atom. The number of rotatable bonds is 1. The van der Waals surface area contributed by atoms with E-state index in [0.717, 1.165) is 0 Å². The normalized spacial score (nSPS) is 31.0. The molecule has 2 heterocycles. The molecule has 2 aliphatic heterocycles. The number of hydrogen-bond acceptors (Lipinski definition) is 5. The van der Waals surface area contributed by atoms with Crippen molar-refractivity contribution in [3.8, 4) is 24.3 Å². The van der Waals surface area contributed by atoms with Crippen LogP contribution in [0.25, 0.3) is 0 Å². The standard InChI is InChI=1S/C16H15N5O/c1-4-21-12-5-10(2)13(11(3)14(21)22)16(8-19,9-20)15(12,6-17)7-18/h5,11-13H,4H2,1-3H3/t11-,12+,13-/m1/s1. The van der Waals surface area contributed by atoms with E-state index in [1.807, 2.05) is 24.3 Å². The third-order valence-corrected chi connectivity index (χ3v) is 5.00. The molecular formula is C16H15N5O. The van der Waals surface area contributed by atoms with Gasteiger partial charge in [0, 0.05) is 18.4 Å². The minimum atomic E-state index is -1.89. The van der Waals surface area contributed by atoms with Crippen LogP contribution >= 0.6 is 0 Å². The van der Waals surface area contributed by atoms with Crippen LogP contribution in [0.15, 0.2) is 11.6 Å². The summed E-state index contributed by atoms with van der Waals surface area (Å²) in [6.45, 7) is 5.47. The Kier molecular flexibility index (Phi) is 3.44. The number of likely N-dealkylation sites (N-methyl/N-ethyl adjacent to an activating group) is 1. The van der Waals surface area contributed by atoms with Crippen LogP contribution < -0.4 is 0 Å². The second kappa shape index (κ2) is 4.87. The lowest BCUT2D eigenvalue weighted by molar-refractivity contribution is -0.136. The summed E-state index contributed by atoms with van der Waals surface area (Å²) in [5.74, 6) is -1.63. The quantitative estimate of drug-likeness (QED) is 0.679. The zero-order valence-electron chi connectivity index (χ0n) is 12.7. The lowest BCUT2D eigenvalue weighted by Gasteiger charge is -2.44. The number of carbonyl (C=O) groups excluding carboxylic acids is 1. The highest BCUT2D eigenvalue weighted by atomic mass is 16.2. The van der Waals surface area contributed by atoms with Crippen molar-refractivity contribution in [2.24, 2.45) is 22.7 Å². The van der Waals surface area contributed by atoms with Crippen molar-refractivity contribution in [2.45, 2.75) is 26.8 Å². The molecule has 0 N–H and O–H groups in total.